The van der Waals surface area contributed by atoms with Gasteiger partial charge in [-0.2, -0.15) is 5.10 Å². The van der Waals surface area contributed by atoms with Gasteiger partial charge >= 0.3 is 0 Å². The summed E-state index contributed by atoms with van der Waals surface area (Å²) in [5.74, 6) is 0.616. The maximum atomic E-state index is 10.3. The van der Waals surface area contributed by atoms with E-state index < -0.39 is 6.10 Å². The molecule has 0 aliphatic rings. The Morgan fingerprint density at radius 2 is 1.95 bits per heavy atom. The van der Waals surface area contributed by atoms with E-state index in [1.165, 1.54) is 6.33 Å². The summed E-state index contributed by atoms with van der Waals surface area (Å²) in [4.78, 5) is 8.34. The minimum Gasteiger partial charge on any atom is -0.387 e. The molecule has 6 nitrogen and oxygen atoms in total. The van der Waals surface area contributed by atoms with Crippen molar-refractivity contribution in [2.45, 2.75) is 6.10 Å². The quantitative estimate of drug-likeness (QED) is 0.765. The van der Waals surface area contributed by atoms with Crippen LogP contribution < -0.4 is 5.32 Å². The maximum absolute atomic E-state index is 10.3. The molecule has 1 aromatic carbocycles. The van der Waals surface area contributed by atoms with E-state index >= 15 is 0 Å². The van der Waals surface area contributed by atoms with Gasteiger partial charge in [-0.3, -0.25) is 4.68 Å². The largest absolute Gasteiger partial charge is 0.387 e. The Morgan fingerprint density at radius 1 is 1.23 bits per heavy atom. The Bertz CT molecular complexity index is 800. The number of aliphatic hydroxyl groups is 1. The summed E-state index contributed by atoms with van der Waals surface area (Å²) >= 11 is 11.9. The van der Waals surface area contributed by atoms with Crippen LogP contribution in [0.15, 0.2) is 30.7 Å². The van der Waals surface area contributed by atoms with Crippen LogP contribution in [0.25, 0.3) is 11.0 Å². The first-order valence-corrected chi connectivity index (χ1v) is 7.31. The lowest BCUT2D eigenvalue weighted by Crippen LogP contribution is -2.13. The van der Waals surface area contributed by atoms with Gasteiger partial charge in [0.25, 0.3) is 0 Å². The molecular formula is C14H13Cl2N5O. The van der Waals surface area contributed by atoms with Crippen LogP contribution in [0.1, 0.15) is 11.7 Å². The fraction of sp³-hybridized carbons (Fsp3) is 0.214. The van der Waals surface area contributed by atoms with E-state index in [1.54, 1.807) is 29.1 Å². The Labute approximate surface area is 136 Å². The zero-order chi connectivity index (χ0) is 15.7. The lowest BCUT2D eigenvalue weighted by Gasteiger charge is -2.13. The molecule has 0 bridgehead atoms. The summed E-state index contributed by atoms with van der Waals surface area (Å²) in [6.45, 7) is 0.262. The number of aliphatic hydroxyl groups excluding tert-OH is 1. The zero-order valence-corrected chi connectivity index (χ0v) is 13.2. The van der Waals surface area contributed by atoms with Gasteiger partial charge in [0.1, 0.15) is 12.1 Å². The molecule has 0 saturated heterocycles. The summed E-state index contributed by atoms with van der Waals surface area (Å²) in [6, 6.07) is 4.98. The maximum Gasteiger partial charge on any atom is 0.163 e. The van der Waals surface area contributed by atoms with Gasteiger partial charge in [-0.1, -0.05) is 23.2 Å². The van der Waals surface area contributed by atoms with Gasteiger partial charge in [-0.25, -0.2) is 9.97 Å². The molecule has 0 fully saturated rings. The Kier molecular flexibility index (Phi) is 4.15. The Balaban J connectivity index is 1.78. The molecular weight excluding hydrogens is 325 g/mol. The minimum absolute atomic E-state index is 0.262. The molecule has 0 radical (unpaired) electrons. The molecule has 0 spiro atoms. The van der Waals surface area contributed by atoms with Gasteiger partial charge in [0.15, 0.2) is 5.65 Å². The average Bonchev–Trinajstić information content (AvgIpc) is 2.86. The second kappa shape index (κ2) is 6.08. The van der Waals surface area contributed by atoms with Crippen LogP contribution in [-0.4, -0.2) is 31.4 Å². The topological polar surface area (TPSA) is 75.9 Å². The van der Waals surface area contributed by atoms with Crippen molar-refractivity contribution < 1.29 is 5.11 Å². The third-order valence-corrected chi connectivity index (χ3v) is 3.70. The third-order valence-electron chi connectivity index (χ3n) is 3.26. The van der Waals surface area contributed by atoms with Gasteiger partial charge in [0.2, 0.25) is 0 Å². The van der Waals surface area contributed by atoms with Crippen molar-refractivity contribution in [2.75, 3.05) is 11.9 Å². The molecule has 8 heteroatoms. The number of halogens is 2. The number of benzene rings is 1. The number of fused-ring (bicyclic) bond motifs is 1. The van der Waals surface area contributed by atoms with Crippen molar-refractivity contribution in [1.29, 1.82) is 0 Å². The minimum atomic E-state index is -0.766. The second-order valence-corrected chi connectivity index (χ2v) is 5.70. The summed E-state index contributed by atoms with van der Waals surface area (Å²) in [5, 5.41) is 19.3. The standard InChI is InChI=1S/C14H13Cl2N5O/c1-21-14-11(5-20-21)13(18-7-19-14)17-6-12(22)8-2-9(15)4-10(16)3-8/h2-5,7,12,22H,6H2,1H3,(H,17,18,19). The van der Waals surface area contributed by atoms with Gasteiger partial charge in [0, 0.05) is 23.6 Å². The fourth-order valence-corrected chi connectivity index (χ4v) is 2.72. The molecule has 0 saturated carbocycles. The van der Waals surface area contributed by atoms with E-state index in [2.05, 4.69) is 20.4 Å². The van der Waals surface area contributed by atoms with Gasteiger partial charge in [0.05, 0.1) is 17.7 Å². The van der Waals surface area contributed by atoms with Crippen LogP contribution in [0.4, 0.5) is 5.82 Å². The molecule has 3 rings (SSSR count). The second-order valence-electron chi connectivity index (χ2n) is 4.83. The normalized spacial score (nSPS) is 12.5. The van der Waals surface area contributed by atoms with Crippen LogP contribution in [0.2, 0.25) is 10.0 Å². The molecule has 0 aliphatic carbocycles. The van der Waals surface area contributed by atoms with Crippen molar-refractivity contribution in [3.05, 3.63) is 46.3 Å². The highest BCUT2D eigenvalue weighted by Gasteiger charge is 2.12. The number of hydrogen-bond acceptors (Lipinski definition) is 5. The van der Waals surface area contributed by atoms with Crippen LogP contribution in [0.3, 0.4) is 0 Å². The number of hydrogen-bond donors (Lipinski definition) is 2. The molecule has 0 aliphatic heterocycles. The monoisotopic (exact) mass is 337 g/mol. The number of aryl methyl sites for hydroxylation is 1. The van der Waals surface area contributed by atoms with E-state index in [-0.39, 0.29) is 6.54 Å². The molecule has 3 aromatic rings. The number of nitrogens with zero attached hydrogens (tertiary/aromatic N) is 4. The van der Waals surface area contributed by atoms with E-state index in [0.29, 0.717) is 21.4 Å². The first-order chi connectivity index (χ1) is 10.5. The van der Waals surface area contributed by atoms with Gasteiger partial charge in [-0.05, 0) is 23.8 Å². The van der Waals surface area contributed by atoms with E-state index in [1.807, 2.05) is 7.05 Å². The smallest absolute Gasteiger partial charge is 0.163 e. The Morgan fingerprint density at radius 3 is 2.68 bits per heavy atom. The van der Waals surface area contributed by atoms with E-state index in [4.69, 9.17) is 23.2 Å². The molecule has 2 N–H and O–H groups in total. The number of rotatable bonds is 4. The van der Waals surface area contributed by atoms with Crippen LogP contribution in [0, 0.1) is 0 Å². The molecule has 2 heterocycles. The van der Waals surface area contributed by atoms with Crippen LogP contribution in [0.5, 0.6) is 0 Å². The van der Waals surface area contributed by atoms with Crippen molar-refractivity contribution in [1.82, 2.24) is 19.7 Å². The first kappa shape index (κ1) is 15.0. The van der Waals surface area contributed by atoms with Crippen molar-refractivity contribution >= 4 is 40.1 Å². The number of aromatic nitrogens is 4. The lowest BCUT2D eigenvalue weighted by atomic mass is 10.1. The molecule has 2 aromatic heterocycles. The molecule has 114 valence electrons. The predicted octanol–water partition coefficient (Wildman–Crippen LogP) is 2.82. The van der Waals surface area contributed by atoms with E-state index in [9.17, 15) is 5.11 Å². The van der Waals surface area contributed by atoms with Crippen molar-refractivity contribution in [3.8, 4) is 0 Å². The molecule has 1 atom stereocenters. The Hall–Kier alpha value is -1.89. The SMILES string of the molecule is Cn1ncc2c(NCC(O)c3cc(Cl)cc(Cl)c3)ncnc21. The van der Waals surface area contributed by atoms with Gasteiger partial charge < -0.3 is 10.4 Å². The molecule has 0 amide bonds. The highest BCUT2D eigenvalue weighted by molar-refractivity contribution is 6.34. The van der Waals surface area contributed by atoms with Crippen LogP contribution in [-0.2, 0) is 7.05 Å². The predicted molar refractivity (Wildman–Crippen MR) is 86.2 cm³/mol. The van der Waals surface area contributed by atoms with Crippen molar-refractivity contribution in [2.24, 2.45) is 7.05 Å². The summed E-state index contributed by atoms with van der Waals surface area (Å²) < 4.78 is 1.66. The summed E-state index contributed by atoms with van der Waals surface area (Å²) in [5.41, 5.74) is 1.36. The molecule has 22 heavy (non-hydrogen) atoms. The highest BCUT2D eigenvalue weighted by Crippen LogP contribution is 2.24. The lowest BCUT2D eigenvalue weighted by molar-refractivity contribution is 0.191. The fourth-order valence-electron chi connectivity index (χ4n) is 2.18. The summed E-state index contributed by atoms with van der Waals surface area (Å²) in [6.07, 6.45) is 2.37. The van der Waals surface area contributed by atoms with E-state index in [0.717, 1.165) is 11.0 Å². The third kappa shape index (κ3) is 2.99. The first-order valence-electron chi connectivity index (χ1n) is 6.55. The van der Waals surface area contributed by atoms with Gasteiger partial charge in [-0.15, -0.1) is 0 Å². The zero-order valence-electron chi connectivity index (χ0n) is 11.7. The van der Waals surface area contributed by atoms with Crippen LogP contribution >= 0.6 is 23.2 Å². The number of anilines is 1. The molecule has 1 unspecified atom stereocenters. The average molecular weight is 338 g/mol. The number of nitrogens with one attached hydrogen (secondary N) is 1. The summed E-state index contributed by atoms with van der Waals surface area (Å²) in [7, 11) is 1.81. The highest BCUT2D eigenvalue weighted by atomic mass is 35.5. The van der Waals surface area contributed by atoms with Crippen molar-refractivity contribution in [3.63, 3.8) is 0 Å².